The van der Waals surface area contributed by atoms with Crippen LogP contribution in [0.1, 0.15) is 24.0 Å². The van der Waals surface area contributed by atoms with Crippen molar-refractivity contribution in [3.05, 3.63) is 59.7 Å². The molecule has 1 saturated heterocycles. The summed E-state index contributed by atoms with van der Waals surface area (Å²) in [7, 11) is 1.57. The molecule has 7 nitrogen and oxygen atoms in total. The lowest BCUT2D eigenvalue weighted by Crippen LogP contribution is -2.34. The lowest BCUT2D eigenvalue weighted by molar-refractivity contribution is -0.133. The summed E-state index contributed by atoms with van der Waals surface area (Å²) < 4.78 is 10.8. The molecular weight excluding hydrogens is 358 g/mol. The summed E-state index contributed by atoms with van der Waals surface area (Å²) >= 11 is 0. The van der Waals surface area contributed by atoms with E-state index in [0.717, 1.165) is 11.1 Å². The van der Waals surface area contributed by atoms with Crippen molar-refractivity contribution in [1.82, 2.24) is 10.7 Å². The van der Waals surface area contributed by atoms with Gasteiger partial charge in [-0.3, -0.25) is 9.59 Å². The number of hydrazone groups is 1. The molecule has 2 aromatic rings. The molecule has 1 aliphatic heterocycles. The van der Waals surface area contributed by atoms with E-state index in [1.54, 1.807) is 25.3 Å². The second-order valence-electron chi connectivity index (χ2n) is 6.32. The fourth-order valence-corrected chi connectivity index (χ4v) is 3.22. The van der Waals surface area contributed by atoms with E-state index < -0.39 is 11.8 Å². The molecule has 28 heavy (non-hydrogen) atoms. The maximum absolute atomic E-state index is 12.6. The number of methoxy groups -OCH3 is 1. The smallest absolute Gasteiger partial charge is 0.253 e. The Morgan fingerprint density at radius 3 is 2.75 bits per heavy atom. The van der Waals surface area contributed by atoms with Gasteiger partial charge in [0.1, 0.15) is 5.92 Å². The monoisotopic (exact) mass is 381 g/mol. The van der Waals surface area contributed by atoms with Crippen molar-refractivity contribution in [2.24, 2.45) is 11.0 Å². The number of nitrogens with zero attached hydrogens (tertiary/aromatic N) is 1. The number of hydrogen-bond donors (Lipinski definition) is 2. The van der Waals surface area contributed by atoms with Crippen LogP contribution < -0.4 is 20.2 Å². The number of carbonyl (C=O) groups is 2. The highest BCUT2D eigenvalue weighted by atomic mass is 16.5. The lowest BCUT2D eigenvalue weighted by atomic mass is 9.88. The van der Waals surface area contributed by atoms with Crippen LogP contribution in [0.15, 0.2) is 53.6 Å². The topological polar surface area (TPSA) is 89.0 Å². The normalized spacial score (nSPS) is 18.7. The minimum Gasteiger partial charge on any atom is -0.493 e. The lowest BCUT2D eigenvalue weighted by Gasteiger charge is -2.15. The number of carbonyl (C=O) groups excluding carboxylic acids is 2. The predicted octanol–water partition coefficient (Wildman–Crippen LogP) is 2.07. The van der Waals surface area contributed by atoms with Gasteiger partial charge in [0.05, 0.1) is 19.9 Å². The molecule has 2 N–H and O–H groups in total. The first-order valence-electron chi connectivity index (χ1n) is 9.10. The van der Waals surface area contributed by atoms with Gasteiger partial charge in [0.25, 0.3) is 5.91 Å². The van der Waals surface area contributed by atoms with Crippen molar-refractivity contribution >= 4 is 18.0 Å². The number of nitrogens with one attached hydrogen (secondary N) is 2. The largest absolute Gasteiger partial charge is 0.493 e. The highest BCUT2D eigenvalue weighted by Gasteiger charge is 2.40. The Morgan fingerprint density at radius 1 is 1.25 bits per heavy atom. The molecule has 146 valence electrons. The Balaban J connectivity index is 1.69. The van der Waals surface area contributed by atoms with E-state index in [0.29, 0.717) is 24.7 Å². The molecule has 7 heteroatoms. The molecule has 0 aromatic heterocycles. The third-order valence-corrected chi connectivity index (χ3v) is 4.57. The highest BCUT2D eigenvalue weighted by Crippen LogP contribution is 2.29. The molecule has 0 aliphatic carbocycles. The Kier molecular flexibility index (Phi) is 6.26. The molecular formula is C21H23N3O4. The summed E-state index contributed by atoms with van der Waals surface area (Å²) in [5.74, 6) is -0.525. The Hall–Kier alpha value is -3.35. The Labute approximate surface area is 163 Å². The van der Waals surface area contributed by atoms with Gasteiger partial charge < -0.3 is 14.8 Å². The van der Waals surface area contributed by atoms with Gasteiger partial charge in [-0.25, -0.2) is 5.43 Å². The number of benzene rings is 2. The molecule has 2 atom stereocenters. The number of hydrogen-bond acceptors (Lipinski definition) is 5. The number of rotatable bonds is 7. The molecule has 2 unspecified atom stereocenters. The molecule has 3 rings (SSSR count). The third kappa shape index (κ3) is 4.31. The van der Waals surface area contributed by atoms with Gasteiger partial charge in [-0.05, 0) is 36.2 Å². The van der Waals surface area contributed by atoms with Gasteiger partial charge in [-0.1, -0.05) is 30.3 Å². The summed E-state index contributed by atoms with van der Waals surface area (Å²) in [5.41, 5.74) is 4.16. The van der Waals surface area contributed by atoms with Gasteiger partial charge >= 0.3 is 0 Å². The molecule has 0 bridgehead atoms. The molecule has 0 saturated carbocycles. The van der Waals surface area contributed by atoms with Gasteiger partial charge in [0, 0.05) is 12.5 Å². The van der Waals surface area contributed by atoms with Crippen LogP contribution in [0.5, 0.6) is 11.5 Å². The van der Waals surface area contributed by atoms with Crippen molar-refractivity contribution in [3.63, 3.8) is 0 Å². The average molecular weight is 381 g/mol. The van der Waals surface area contributed by atoms with E-state index in [1.807, 2.05) is 37.3 Å². The zero-order chi connectivity index (χ0) is 19.9. The summed E-state index contributed by atoms with van der Waals surface area (Å²) in [6.45, 7) is 2.82. The Bertz CT molecular complexity index is 867. The standard InChI is InChI=1S/C21H23N3O4/c1-3-28-18-11-14(9-10-17(18)27-2)12-23-24-21(26)19-16(13-22-20(19)25)15-7-5-4-6-8-15/h4-12,16,19H,3,13H2,1-2H3,(H,22,25)(H,24,26)/b23-12-. The summed E-state index contributed by atoms with van der Waals surface area (Å²) in [6.07, 6.45) is 1.50. The van der Waals surface area contributed by atoms with Crippen LogP contribution >= 0.6 is 0 Å². The zero-order valence-electron chi connectivity index (χ0n) is 15.8. The van der Waals surface area contributed by atoms with Gasteiger partial charge in [0.15, 0.2) is 11.5 Å². The van der Waals surface area contributed by atoms with Gasteiger partial charge in [-0.15, -0.1) is 0 Å². The van der Waals surface area contributed by atoms with Crippen molar-refractivity contribution in [2.75, 3.05) is 20.3 Å². The molecule has 1 heterocycles. The van der Waals surface area contributed by atoms with Crippen molar-refractivity contribution in [3.8, 4) is 11.5 Å². The zero-order valence-corrected chi connectivity index (χ0v) is 15.8. The first-order valence-corrected chi connectivity index (χ1v) is 9.10. The fraction of sp³-hybridized carbons (Fsp3) is 0.286. The molecule has 2 amide bonds. The number of ether oxygens (including phenoxy) is 2. The van der Waals surface area contributed by atoms with Crippen LogP contribution in [-0.2, 0) is 9.59 Å². The van der Waals surface area contributed by atoms with Crippen molar-refractivity contribution in [1.29, 1.82) is 0 Å². The molecule has 1 aliphatic rings. The van der Waals surface area contributed by atoms with Crippen LogP contribution in [0.4, 0.5) is 0 Å². The fourth-order valence-electron chi connectivity index (χ4n) is 3.22. The summed E-state index contributed by atoms with van der Waals surface area (Å²) in [4.78, 5) is 24.7. The van der Waals surface area contributed by atoms with Crippen molar-refractivity contribution < 1.29 is 19.1 Å². The minimum atomic E-state index is -0.811. The van der Waals surface area contributed by atoms with Crippen LogP contribution in [0.2, 0.25) is 0 Å². The third-order valence-electron chi connectivity index (χ3n) is 4.57. The summed E-state index contributed by atoms with van der Waals surface area (Å²) in [6, 6.07) is 14.9. The molecule has 0 spiro atoms. The number of amides is 2. The summed E-state index contributed by atoms with van der Waals surface area (Å²) in [5, 5.41) is 6.76. The van der Waals surface area contributed by atoms with Gasteiger partial charge in [0.2, 0.25) is 5.91 Å². The SMILES string of the molecule is CCOc1cc(/C=N\NC(=O)C2C(=O)NCC2c2ccccc2)ccc1OC. The Morgan fingerprint density at radius 2 is 2.04 bits per heavy atom. The van der Waals surface area contributed by atoms with Crippen LogP contribution in [0, 0.1) is 5.92 Å². The minimum absolute atomic E-state index is 0.213. The van der Waals surface area contributed by atoms with E-state index in [1.165, 1.54) is 6.21 Å². The average Bonchev–Trinajstić information content (AvgIpc) is 3.10. The maximum Gasteiger partial charge on any atom is 0.253 e. The van der Waals surface area contributed by atoms with E-state index in [-0.39, 0.29) is 11.8 Å². The van der Waals surface area contributed by atoms with Crippen LogP contribution in [0.3, 0.4) is 0 Å². The maximum atomic E-state index is 12.6. The van der Waals surface area contributed by atoms with E-state index in [9.17, 15) is 9.59 Å². The second kappa shape index (κ2) is 9.03. The van der Waals surface area contributed by atoms with Gasteiger partial charge in [-0.2, -0.15) is 5.10 Å². The molecule has 0 radical (unpaired) electrons. The quantitative estimate of drug-likeness (QED) is 0.437. The van der Waals surface area contributed by atoms with E-state index >= 15 is 0 Å². The first kappa shape index (κ1) is 19.4. The molecule has 1 fully saturated rings. The van der Waals surface area contributed by atoms with Crippen LogP contribution in [-0.4, -0.2) is 38.3 Å². The van der Waals surface area contributed by atoms with Crippen LogP contribution in [0.25, 0.3) is 0 Å². The van der Waals surface area contributed by atoms with E-state index in [4.69, 9.17) is 9.47 Å². The first-order chi connectivity index (χ1) is 13.6. The molecule has 2 aromatic carbocycles. The predicted molar refractivity (Wildman–Crippen MR) is 106 cm³/mol. The second-order valence-corrected chi connectivity index (χ2v) is 6.32. The van der Waals surface area contributed by atoms with E-state index in [2.05, 4.69) is 15.8 Å². The van der Waals surface area contributed by atoms with Crippen molar-refractivity contribution in [2.45, 2.75) is 12.8 Å². The highest BCUT2D eigenvalue weighted by molar-refractivity contribution is 6.03.